The molecule has 0 aliphatic rings. The number of rotatable bonds is 1. The summed E-state index contributed by atoms with van der Waals surface area (Å²) >= 11 is 9.80. The van der Waals surface area contributed by atoms with Crippen LogP contribution in [0.15, 0.2) is 34.8 Å². The quantitative estimate of drug-likeness (QED) is 0.534. The predicted molar refractivity (Wildman–Crippen MR) is 87.1 cm³/mol. The number of fused-ring (bicyclic) bond motifs is 1. The second kappa shape index (κ2) is 5.35. The van der Waals surface area contributed by atoms with E-state index in [0.717, 1.165) is 32.1 Å². The van der Waals surface area contributed by atoms with Crippen molar-refractivity contribution in [3.8, 4) is 11.4 Å². The van der Waals surface area contributed by atoms with Gasteiger partial charge in [0.1, 0.15) is 11.0 Å². The lowest BCUT2D eigenvalue weighted by atomic mass is 10.1. The zero-order valence-electron chi connectivity index (χ0n) is 11.4. The van der Waals surface area contributed by atoms with Gasteiger partial charge < -0.3 is 0 Å². The summed E-state index contributed by atoms with van der Waals surface area (Å²) in [6.07, 6.45) is 0. The van der Waals surface area contributed by atoms with Crippen LogP contribution in [-0.2, 0) is 0 Å². The Balaban J connectivity index is 2.30. The van der Waals surface area contributed by atoms with Crippen molar-refractivity contribution < 1.29 is 4.39 Å². The summed E-state index contributed by atoms with van der Waals surface area (Å²) in [6.45, 7) is 3.81. The van der Waals surface area contributed by atoms with Gasteiger partial charge in [-0.2, -0.15) is 0 Å². The van der Waals surface area contributed by atoms with E-state index in [1.165, 1.54) is 12.1 Å². The molecule has 3 aromatic rings. The number of hydrogen-bond acceptors (Lipinski definition) is 2. The molecule has 0 saturated heterocycles. The first-order valence-corrected chi connectivity index (χ1v) is 7.53. The fourth-order valence-electron chi connectivity index (χ4n) is 2.29. The molecule has 3 rings (SSSR count). The maximum atomic E-state index is 13.2. The molecule has 0 fully saturated rings. The third-order valence-corrected chi connectivity index (χ3v) is 4.17. The summed E-state index contributed by atoms with van der Waals surface area (Å²) in [5, 5.41) is 1.19. The first-order chi connectivity index (χ1) is 9.95. The van der Waals surface area contributed by atoms with Crippen LogP contribution in [0.2, 0.25) is 5.15 Å². The fourth-order valence-corrected chi connectivity index (χ4v) is 3.18. The van der Waals surface area contributed by atoms with E-state index in [2.05, 4.69) is 25.9 Å². The Labute approximate surface area is 135 Å². The molecule has 0 radical (unpaired) electrons. The van der Waals surface area contributed by atoms with E-state index in [1.54, 1.807) is 6.07 Å². The van der Waals surface area contributed by atoms with E-state index in [0.29, 0.717) is 11.0 Å². The fraction of sp³-hybridized carbons (Fsp3) is 0.125. The van der Waals surface area contributed by atoms with E-state index in [-0.39, 0.29) is 5.82 Å². The molecule has 1 aromatic heterocycles. The predicted octanol–water partition coefficient (Wildman–Crippen LogP) is 5.47. The Hall–Kier alpha value is -1.52. The van der Waals surface area contributed by atoms with Gasteiger partial charge in [0, 0.05) is 15.4 Å². The minimum atomic E-state index is -0.278. The molecule has 1 heterocycles. The van der Waals surface area contributed by atoms with Crippen molar-refractivity contribution in [1.29, 1.82) is 0 Å². The van der Waals surface area contributed by atoms with Gasteiger partial charge in [0.15, 0.2) is 5.82 Å². The van der Waals surface area contributed by atoms with Crippen LogP contribution in [0, 0.1) is 19.7 Å². The Morgan fingerprint density at radius 2 is 1.86 bits per heavy atom. The Bertz CT molecular complexity index is 865. The summed E-state index contributed by atoms with van der Waals surface area (Å²) in [5.74, 6) is 0.217. The maximum absolute atomic E-state index is 13.2. The van der Waals surface area contributed by atoms with Gasteiger partial charge in [-0.3, -0.25) is 0 Å². The molecule has 0 aliphatic carbocycles. The molecular weight excluding hydrogens is 355 g/mol. The van der Waals surface area contributed by atoms with Crippen molar-refractivity contribution in [2.75, 3.05) is 0 Å². The molecule has 106 valence electrons. The summed E-state index contributed by atoms with van der Waals surface area (Å²) in [5.41, 5.74) is 3.37. The number of nitrogens with zero attached hydrogens (tertiary/aromatic N) is 2. The van der Waals surface area contributed by atoms with Gasteiger partial charge in [0.05, 0.1) is 5.52 Å². The molecule has 0 N–H and O–H groups in total. The molecule has 5 heteroatoms. The highest BCUT2D eigenvalue weighted by Crippen LogP contribution is 2.31. The highest BCUT2D eigenvalue weighted by atomic mass is 79.9. The van der Waals surface area contributed by atoms with Crippen LogP contribution in [0.1, 0.15) is 11.1 Å². The molecule has 0 saturated carbocycles. The Morgan fingerprint density at radius 3 is 2.57 bits per heavy atom. The highest BCUT2D eigenvalue weighted by Gasteiger charge is 2.13. The normalized spacial score (nSPS) is 11.1. The zero-order chi connectivity index (χ0) is 15.1. The van der Waals surface area contributed by atoms with Crippen LogP contribution in [-0.4, -0.2) is 9.97 Å². The summed E-state index contributed by atoms with van der Waals surface area (Å²) in [6, 6.07) is 8.45. The van der Waals surface area contributed by atoms with Gasteiger partial charge in [-0.05, 0) is 71.2 Å². The average molecular weight is 366 g/mol. The van der Waals surface area contributed by atoms with Gasteiger partial charge >= 0.3 is 0 Å². The topological polar surface area (TPSA) is 25.8 Å². The Morgan fingerprint density at radius 1 is 1.10 bits per heavy atom. The van der Waals surface area contributed by atoms with Gasteiger partial charge in [-0.25, -0.2) is 14.4 Å². The second-order valence-corrected chi connectivity index (χ2v) is 6.15. The molecule has 0 atom stereocenters. The van der Waals surface area contributed by atoms with Crippen molar-refractivity contribution in [3.05, 3.63) is 56.9 Å². The highest BCUT2D eigenvalue weighted by molar-refractivity contribution is 9.10. The third-order valence-electron chi connectivity index (χ3n) is 3.28. The molecule has 2 nitrogen and oxygen atoms in total. The number of halogens is 3. The van der Waals surface area contributed by atoms with Crippen molar-refractivity contribution in [2.45, 2.75) is 13.8 Å². The van der Waals surface area contributed by atoms with Crippen LogP contribution in [0.3, 0.4) is 0 Å². The minimum Gasteiger partial charge on any atom is -0.227 e. The average Bonchev–Trinajstić information content (AvgIpc) is 2.40. The van der Waals surface area contributed by atoms with Crippen LogP contribution in [0.25, 0.3) is 22.3 Å². The lowest BCUT2D eigenvalue weighted by Crippen LogP contribution is -1.95. The smallest absolute Gasteiger partial charge is 0.161 e. The van der Waals surface area contributed by atoms with Gasteiger partial charge in [-0.1, -0.05) is 11.6 Å². The number of aryl methyl sites for hydroxylation is 2. The van der Waals surface area contributed by atoms with Gasteiger partial charge in [-0.15, -0.1) is 0 Å². The first kappa shape index (κ1) is 14.4. The molecule has 0 amide bonds. The van der Waals surface area contributed by atoms with Crippen molar-refractivity contribution in [3.63, 3.8) is 0 Å². The van der Waals surface area contributed by atoms with E-state index in [4.69, 9.17) is 11.6 Å². The van der Waals surface area contributed by atoms with E-state index < -0.39 is 0 Å². The maximum Gasteiger partial charge on any atom is 0.161 e. The van der Waals surface area contributed by atoms with E-state index in [1.807, 2.05) is 26.0 Å². The first-order valence-electron chi connectivity index (χ1n) is 6.35. The SMILES string of the molecule is Cc1cc(Br)c2nc(-c3ccc(F)cc3C)nc(Cl)c2c1. The molecule has 0 bridgehead atoms. The Kier molecular flexibility index (Phi) is 3.68. The van der Waals surface area contributed by atoms with E-state index in [9.17, 15) is 4.39 Å². The lowest BCUT2D eigenvalue weighted by molar-refractivity contribution is 0.627. The van der Waals surface area contributed by atoms with Crippen LogP contribution in [0.4, 0.5) is 4.39 Å². The third kappa shape index (κ3) is 2.65. The van der Waals surface area contributed by atoms with E-state index >= 15 is 0 Å². The molecule has 0 unspecified atom stereocenters. The number of aromatic nitrogens is 2. The summed E-state index contributed by atoms with van der Waals surface area (Å²) in [4.78, 5) is 8.93. The lowest BCUT2D eigenvalue weighted by Gasteiger charge is -2.09. The van der Waals surface area contributed by atoms with Gasteiger partial charge in [0.2, 0.25) is 0 Å². The monoisotopic (exact) mass is 364 g/mol. The van der Waals surface area contributed by atoms with Crippen molar-refractivity contribution in [2.24, 2.45) is 0 Å². The van der Waals surface area contributed by atoms with Crippen LogP contribution >= 0.6 is 27.5 Å². The zero-order valence-corrected chi connectivity index (χ0v) is 13.8. The number of benzene rings is 2. The number of hydrogen-bond donors (Lipinski definition) is 0. The largest absolute Gasteiger partial charge is 0.227 e. The molecule has 0 aliphatic heterocycles. The molecule has 2 aromatic carbocycles. The van der Waals surface area contributed by atoms with Gasteiger partial charge in [0.25, 0.3) is 0 Å². The molecular formula is C16H11BrClFN2. The summed E-state index contributed by atoms with van der Waals surface area (Å²) in [7, 11) is 0. The van der Waals surface area contributed by atoms with Crippen LogP contribution < -0.4 is 0 Å². The molecule has 21 heavy (non-hydrogen) atoms. The second-order valence-electron chi connectivity index (χ2n) is 4.94. The minimum absolute atomic E-state index is 0.278. The standard InChI is InChI=1S/C16H11BrClFN2/c1-8-5-12-14(13(17)6-8)20-16(21-15(12)18)11-4-3-10(19)7-9(11)2/h3-7H,1-2H3. The van der Waals surface area contributed by atoms with Crippen molar-refractivity contribution >= 4 is 38.4 Å². The molecule has 0 spiro atoms. The summed E-state index contributed by atoms with van der Waals surface area (Å²) < 4.78 is 14.1. The van der Waals surface area contributed by atoms with Crippen LogP contribution in [0.5, 0.6) is 0 Å². The van der Waals surface area contributed by atoms with Crippen molar-refractivity contribution in [1.82, 2.24) is 9.97 Å².